The van der Waals surface area contributed by atoms with Crippen LogP contribution in [0.4, 0.5) is 0 Å². The maximum Gasteiger partial charge on any atom is 0.459 e. The fraction of sp³-hybridized carbons (Fsp3) is 0.469. The molecule has 1 aromatic heterocycles. The van der Waals surface area contributed by atoms with Gasteiger partial charge in [-0.2, -0.15) is 9.65 Å². The van der Waals surface area contributed by atoms with E-state index in [1.165, 1.54) is 20.8 Å². The number of nitrogens with two attached hydrogens (primary N) is 1. The number of hydrogen-bond donors (Lipinski definition) is 3. The fourth-order valence-corrected chi connectivity index (χ4v) is 6.24. The zero-order valence-electron chi connectivity index (χ0n) is 26.5. The van der Waals surface area contributed by atoms with Crippen molar-refractivity contribution in [3.63, 3.8) is 0 Å². The number of nitrogens with one attached hydrogen (secondary N) is 1. The van der Waals surface area contributed by atoms with Gasteiger partial charge in [0.05, 0.1) is 25.7 Å². The van der Waals surface area contributed by atoms with Crippen molar-refractivity contribution in [1.29, 1.82) is 0 Å². The Labute approximate surface area is 263 Å². The van der Waals surface area contributed by atoms with E-state index in [0.717, 1.165) is 5.39 Å². The molecule has 1 saturated heterocycles. The Kier molecular flexibility index (Phi) is 10.7. The third kappa shape index (κ3) is 9.80. The second kappa shape index (κ2) is 13.9. The first-order valence-electron chi connectivity index (χ1n) is 14.7. The molecule has 5 atom stereocenters. The molecule has 12 nitrogen and oxygen atoms in total. The molecule has 3 aromatic rings. The Morgan fingerprint density at radius 1 is 1.11 bits per heavy atom. The molecule has 1 amide bonds. The van der Waals surface area contributed by atoms with Crippen LogP contribution in [0, 0.1) is 5.41 Å². The number of benzene rings is 2. The maximum absolute atomic E-state index is 14.4. The van der Waals surface area contributed by atoms with E-state index in [4.69, 9.17) is 29.0 Å². The molecule has 0 saturated carbocycles. The number of esters is 1. The highest BCUT2D eigenvalue weighted by atomic mass is 31.2. The van der Waals surface area contributed by atoms with E-state index in [-0.39, 0.29) is 36.4 Å². The quantitative estimate of drug-likeness (QED) is 0.105. The standard InChI is InChI=1S/C32H42N3O9P/c1-21(30(37)40-20-31(2,3)4)34-45(39,44-25-15-9-12-22-11-7-8-14-24(22)25)41-19-27-26(43-32(5,6)38)17-28(42-27)35-16-10-13-23(18-35)29(33)36/h7-16,18,21,26-28,38H,17,19-20H2,1-6H3,(H2-,33,34,36,39)/p+1/t21?,26-,27?,28+,45?/m0/s1. The molecule has 4 N–H and O–H groups in total. The van der Waals surface area contributed by atoms with E-state index in [9.17, 15) is 19.3 Å². The largest absolute Gasteiger partial charge is 0.464 e. The Morgan fingerprint density at radius 3 is 2.51 bits per heavy atom. The van der Waals surface area contributed by atoms with E-state index in [1.807, 2.05) is 51.1 Å². The molecule has 2 aromatic carbocycles. The minimum absolute atomic E-state index is 0.162. The van der Waals surface area contributed by atoms with Gasteiger partial charge in [0.25, 0.3) is 12.1 Å². The van der Waals surface area contributed by atoms with Crippen LogP contribution < -0.4 is 19.9 Å². The Hall–Kier alpha value is -3.38. The molecular formula is C32H43N3O9P+. The first-order valence-corrected chi connectivity index (χ1v) is 16.3. The average Bonchev–Trinajstić information content (AvgIpc) is 3.35. The topological polar surface area (TPSA) is 160 Å². The Bertz CT molecular complexity index is 1550. The third-order valence-electron chi connectivity index (χ3n) is 6.79. The number of amides is 1. The third-order valence-corrected chi connectivity index (χ3v) is 8.42. The van der Waals surface area contributed by atoms with Crippen molar-refractivity contribution in [1.82, 2.24) is 5.09 Å². The lowest BCUT2D eigenvalue weighted by Crippen LogP contribution is -2.40. The van der Waals surface area contributed by atoms with Crippen LogP contribution in [-0.2, 0) is 28.1 Å². The zero-order chi connectivity index (χ0) is 33.0. The summed E-state index contributed by atoms with van der Waals surface area (Å²) >= 11 is 0. The molecule has 2 heterocycles. The van der Waals surface area contributed by atoms with E-state index in [1.54, 1.807) is 41.2 Å². The summed E-state index contributed by atoms with van der Waals surface area (Å²) in [6, 6.07) is 14.9. The minimum atomic E-state index is -4.28. The average molecular weight is 645 g/mol. The smallest absolute Gasteiger partial charge is 0.459 e. The van der Waals surface area contributed by atoms with E-state index in [2.05, 4.69) is 5.09 Å². The van der Waals surface area contributed by atoms with Gasteiger partial charge in [-0.05, 0) is 43.7 Å². The number of fused-ring (bicyclic) bond motifs is 1. The highest BCUT2D eigenvalue weighted by Crippen LogP contribution is 2.47. The molecule has 1 aliphatic heterocycles. The second-order valence-electron chi connectivity index (χ2n) is 12.8. The van der Waals surface area contributed by atoms with Gasteiger partial charge < -0.3 is 29.6 Å². The van der Waals surface area contributed by atoms with Crippen LogP contribution in [0.25, 0.3) is 10.8 Å². The molecule has 0 radical (unpaired) electrons. The van der Waals surface area contributed by atoms with Crippen LogP contribution in [0.3, 0.4) is 0 Å². The summed E-state index contributed by atoms with van der Waals surface area (Å²) in [6.45, 7) is 10.1. The van der Waals surface area contributed by atoms with Crippen LogP contribution in [-0.4, -0.2) is 54.2 Å². The maximum atomic E-state index is 14.4. The molecule has 0 aliphatic carbocycles. The van der Waals surface area contributed by atoms with Gasteiger partial charge in [0.15, 0.2) is 18.2 Å². The molecule has 1 fully saturated rings. The normalized spacial score (nSPS) is 20.8. The van der Waals surface area contributed by atoms with Gasteiger partial charge in [0, 0.05) is 11.5 Å². The van der Waals surface area contributed by atoms with Crippen molar-refractivity contribution in [2.24, 2.45) is 11.1 Å². The van der Waals surface area contributed by atoms with E-state index < -0.39 is 49.9 Å². The number of hydrogen-bond acceptors (Lipinski definition) is 9. The molecular weight excluding hydrogens is 601 g/mol. The number of carbonyl (C=O) groups excluding carboxylic acids is 2. The SMILES string of the molecule is CC(NP(=O)(OCC1O[C@@H]([n+]2cccc(C(N)=O)c2)C[C@@H]1OC(C)(C)O)Oc1cccc2ccccc12)C(=O)OCC(C)(C)C. The van der Waals surface area contributed by atoms with Crippen molar-refractivity contribution in [2.75, 3.05) is 13.2 Å². The minimum Gasteiger partial charge on any atom is -0.464 e. The number of primary amides is 1. The van der Waals surface area contributed by atoms with Crippen LogP contribution in [0.1, 0.15) is 64.5 Å². The molecule has 1 aliphatic rings. The predicted octanol–water partition coefficient (Wildman–Crippen LogP) is 4.40. The lowest BCUT2D eigenvalue weighted by Gasteiger charge is -2.28. The van der Waals surface area contributed by atoms with Crippen molar-refractivity contribution < 1.29 is 47.1 Å². The lowest BCUT2D eigenvalue weighted by molar-refractivity contribution is -0.759. The highest BCUT2D eigenvalue weighted by molar-refractivity contribution is 7.52. The summed E-state index contributed by atoms with van der Waals surface area (Å²) in [5.41, 5.74) is 5.47. The summed E-state index contributed by atoms with van der Waals surface area (Å²) in [4.78, 5) is 24.6. The lowest BCUT2D eigenvalue weighted by atomic mass is 9.99. The summed E-state index contributed by atoms with van der Waals surface area (Å²) in [6.07, 6.45) is 1.37. The number of ether oxygens (including phenoxy) is 3. The molecule has 45 heavy (non-hydrogen) atoms. The van der Waals surface area contributed by atoms with Gasteiger partial charge in [-0.1, -0.05) is 57.2 Å². The molecule has 244 valence electrons. The number of rotatable bonds is 13. The Balaban J connectivity index is 1.59. The van der Waals surface area contributed by atoms with Crippen LogP contribution in [0.2, 0.25) is 0 Å². The first-order chi connectivity index (χ1) is 21.0. The van der Waals surface area contributed by atoms with Gasteiger partial charge in [0.2, 0.25) is 0 Å². The first kappa shape index (κ1) is 34.5. The molecule has 0 spiro atoms. The summed E-state index contributed by atoms with van der Waals surface area (Å²) in [5, 5.41) is 14.7. The number of carbonyl (C=O) groups is 2. The summed E-state index contributed by atoms with van der Waals surface area (Å²) in [5.74, 6) is -2.46. The van der Waals surface area contributed by atoms with E-state index in [0.29, 0.717) is 5.39 Å². The molecule has 13 heteroatoms. The van der Waals surface area contributed by atoms with Crippen molar-refractivity contribution in [2.45, 2.75) is 78.2 Å². The van der Waals surface area contributed by atoms with Crippen molar-refractivity contribution >= 4 is 30.4 Å². The number of pyridine rings is 1. The van der Waals surface area contributed by atoms with Gasteiger partial charge >= 0.3 is 13.7 Å². The van der Waals surface area contributed by atoms with Gasteiger partial charge in [0.1, 0.15) is 23.5 Å². The van der Waals surface area contributed by atoms with Gasteiger partial charge in [-0.25, -0.2) is 4.57 Å². The monoisotopic (exact) mass is 644 g/mol. The van der Waals surface area contributed by atoms with E-state index >= 15 is 0 Å². The number of nitrogens with zero attached hydrogens (tertiary/aromatic N) is 1. The number of aromatic nitrogens is 1. The van der Waals surface area contributed by atoms with Crippen molar-refractivity contribution in [3.05, 3.63) is 72.6 Å². The molecule has 0 bridgehead atoms. The fourth-order valence-electron chi connectivity index (χ4n) is 4.71. The van der Waals surface area contributed by atoms with Crippen LogP contribution >= 0.6 is 7.75 Å². The van der Waals surface area contributed by atoms with Crippen molar-refractivity contribution in [3.8, 4) is 5.75 Å². The number of aliphatic hydroxyl groups is 1. The Morgan fingerprint density at radius 2 is 1.82 bits per heavy atom. The van der Waals surface area contributed by atoms with Gasteiger partial charge in [-0.15, -0.1) is 0 Å². The molecule has 3 unspecified atom stereocenters. The summed E-state index contributed by atoms with van der Waals surface area (Å²) < 4.78 is 45.6. The molecule has 4 rings (SSSR count). The van der Waals surface area contributed by atoms with Crippen LogP contribution in [0.15, 0.2) is 67.0 Å². The second-order valence-corrected chi connectivity index (χ2v) is 14.4. The van der Waals surface area contributed by atoms with Gasteiger partial charge in [-0.3, -0.25) is 14.1 Å². The van der Waals surface area contributed by atoms with Crippen LogP contribution in [0.5, 0.6) is 5.75 Å². The zero-order valence-corrected chi connectivity index (χ0v) is 27.4. The predicted molar refractivity (Wildman–Crippen MR) is 166 cm³/mol. The highest BCUT2D eigenvalue weighted by Gasteiger charge is 2.45. The summed E-state index contributed by atoms with van der Waals surface area (Å²) in [7, 11) is -4.28.